The highest BCUT2D eigenvalue weighted by atomic mass is 19.2. The fourth-order valence-corrected chi connectivity index (χ4v) is 1.44. The lowest BCUT2D eigenvalue weighted by atomic mass is 10.2. The summed E-state index contributed by atoms with van der Waals surface area (Å²) < 4.78 is 39.5. The first-order chi connectivity index (χ1) is 9.02. The average molecular weight is 264 g/mol. The number of benzene rings is 1. The number of nitrogens with one attached hydrogen (secondary N) is 1. The highest BCUT2D eigenvalue weighted by Crippen LogP contribution is 2.26. The van der Waals surface area contributed by atoms with Crippen molar-refractivity contribution in [1.82, 2.24) is 4.98 Å². The molecule has 0 saturated heterocycles. The van der Waals surface area contributed by atoms with Crippen LogP contribution in [0.15, 0.2) is 24.4 Å². The van der Waals surface area contributed by atoms with E-state index in [1.165, 1.54) is 12.3 Å². The summed E-state index contributed by atoms with van der Waals surface area (Å²) in [7, 11) is 0. The van der Waals surface area contributed by atoms with Crippen LogP contribution in [0.25, 0.3) is 0 Å². The molecule has 0 amide bonds. The van der Waals surface area contributed by atoms with Gasteiger partial charge in [0.15, 0.2) is 17.5 Å². The number of nitrogens with two attached hydrogens (primary N) is 1. The van der Waals surface area contributed by atoms with E-state index < -0.39 is 23.1 Å². The molecule has 0 radical (unpaired) electrons. The van der Waals surface area contributed by atoms with Crippen molar-refractivity contribution in [2.45, 2.75) is 0 Å². The molecule has 0 saturated carbocycles. The van der Waals surface area contributed by atoms with Gasteiger partial charge in [-0.05, 0) is 6.07 Å². The monoisotopic (exact) mass is 264 g/mol. The predicted molar refractivity (Wildman–Crippen MR) is 63.0 cm³/mol. The van der Waals surface area contributed by atoms with Crippen molar-refractivity contribution in [2.75, 3.05) is 11.1 Å². The van der Waals surface area contributed by atoms with Crippen LogP contribution in [0, 0.1) is 28.8 Å². The van der Waals surface area contributed by atoms with Gasteiger partial charge in [-0.3, -0.25) is 0 Å². The second-order valence-electron chi connectivity index (χ2n) is 3.61. The van der Waals surface area contributed by atoms with Crippen molar-refractivity contribution in [3.8, 4) is 6.07 Å². The van der Waals surface area contributed by atoms with Crippen LogP contribution in [0.3, 0.4) is 0 Å². The fourth-order valence-electron chi connectivity index (χ4n) is 1.44. The summed E-state index contributed by atoms with van der Waals surface area (Å²) in [6.07, 6.45) is 1.27. The van der Waals surface area contributed by atoms with Crippen molar-refractivity contribution in [3.05, 3.63) is 47.4 Å². The number of nitrogens with zero attached hydrogens (tertiary/aromatic N) is 2. The summed E-state index contributed by atoms with van der Waals surface area (Å²) in [5, 5.41) is 11.1. The molecule has 3 N–H and O–H groups in total. The molecule has 0 aliphatic heterocycles. The summed E-state index contributed by atoms with van der Waals surface area (Å²) in [5.41, 5.74) is 5.25. The van der Waals surface area contributed by atoms with Crippen LogP contribution in [-0.2, 0) is 0 Å². The van der Waals surface area contributed by atoms with Gasteiger partial charge in [0.05, 0.1) is 16.9 Å². The van der Waals surface area contributed by atoms with E-state index in [1.807, 2.05) is 6.07 Å². The van der Waals surface area contributed by atoms with Gasteiger partial charge in [0, 0.05) is 18.3 Å². The van der Waals surface area contributed by atoms with E-state index in [9.17, 15) is 13.2 Å². The van der Waals surface area contributed by atoms with Gasteiger partial charge >= 0.3 is 0 Å². The smallest absolute Gasteiger partial charge is 0.182 e. The highest BCUT2D eigenvalue weighted by molar-refractivity contribution is 5.73. The molecule has 1 heterocycles. The zero-order chi connectivity index (χ0) is 14.0. The summed E-state index contributed by atoms with van der Waals surface area (Å²) >= 11 is 0. The number of rotatable bonds is 2. The minimum absolute atomic E-state index is 0.0333. The summed E-state index contributed by atoms with van der Waals surface area (Å²) in [6, 6.07) is 4.36. The van der Waals surface area contributed by atoms with Crippen LogP contribution in [0.4, 0.5) is 30.4 Å². The van der Waals surface area contributed by atoms with Crippen molar-refractivity contribution >= 4 is 17.2 Å². The lowest BCUT2D eigenvalue weighted by molar-refractivity contribution is 0.498. The molecule has 2 rings (SSSR count). The van der Waals surface area contributed by atoms with E-state index in [0.717, 1.165) is 6.07 Å². The normalized spacial score (nSPS) is 10.0. The standard InChI is InChI=1S/C12H7F3N4/c13-7-3-8(14)10(15)9(4-7)19-12-11(17)6(5-16)1-2-18-12/h1-4H,17H2,(H,18,19). The first kappa shape index (κ1) is 12.7. The number of hydrogen-bond acceptors (Lipinski definition) is 4. The van der Waals surface area contributed by atoms with Gasteiger partial charge in [-0.25, -0.2) is 18.2 Å². The number of nitrogen functional groups attached to an aromatic ring is 1. The molecule has 0 aliphatic rings. The van der Waals surface area contributed by atoms with Crippen molar-refractivity contribution in [3.63, 3.8) is 0 Å². The highest BCUT2D eigenvalue weighted by Gasteiger charge is 2.13. The van der Waals surface area contributed by atoms with Crippen LogP contribution < -0.4 is 11.1 Å². The molecule has 1 aromatic heterocycles. The van der Waals surface area contributed by atoms with Gasteiger partial charge in [-0.2, -0.15) is 5.26 Å². The summed E-state index contributed by atoms with van der Waals surface area (Å²) in [6.45, 7) is 0. The van der Waals surface area contributed by atoms with E-state index in [-0.39, 0.29) is 17.1 Å². The van der Waals surface area contributed by atoms with Gasteiger partial charge in [-0.1, -0.05) is 0 Å². The molecule has 0 unspecified atom stereocenters. The van der Waals surface area contributed by atoms with Gasteiger partial charge in [0.2, 0.25) is 0 Å². The molecule has 0 spiro atoms. The van der Waals surface area contributed by atoms with Crippen LogP contribution in [-0.4, -0.2) is 4.98 Å². The molecule has 19 heavy (non-hydrogen) atoms. The number of aromatic nitrogens is 1. The molecule has 0 fully saturated rings. The van der Waals surface area contributed by atoms with Crippen LogP contribution >= 0.6 is 0 Å². The molecule has 4 nitrogen and oxygen atoms in total. The summed E-state index contributed by atoms with van der Waals surface area (Å²) in [5.74, 6) is -3.60. The van der Waals surface area contributed by atoms with Crippen molar-refractivity contribution in [2.24, 2.45) is 0 Å². The van der Waals surface area contributed by atoms with E-state index >= 15 is 0 Å². The average Bonchev–Trinajstić information content (AvgIpc) is 2.37. The fraction of sp³-hybridized carbons (Fsp3) is 0. The molecule has 0 bridgehead atoms. The molecule has 7 heteroatoms. The van der Waals surface area contributed by atoms with Crippen LogP contribution in [0.1, 0.15) is 5.56 Å². The molecule has 1 aromatic carbocycles. The third-order valence-electron chi connectivity index (χ3n) is 2.36. The van der Waals surface area contributed by atoms with Gasteiger partial charge in [0.25, 0.3) is 0 Å². The number of hydrogen-bond donors (Lipinski definition) is 2. The zero-order valence-electron chi connectivity index (χ0n) is 9.42. The number of anilines is 3. The Balaban J connectivity index is 2.45. The Hall–Kier alpha value is -2.75. The maximum absolute atomic E-state index is 13.4. The van der Waals surface area contributed by atoms with E-state index in [2.05, 4.69) is 10.3 Å². The molecule has 0 atom stereocenters. The molecular formula is C12H7F3N4. The van der Waals surface area contributed by atoms with Crippen molar-refractivity contribution < 1.29 is 13.2 Å². The first-order valence-electron chi connectivity index (χ1n) is 5.09. The van der Waals surface area contributed by atoms with Crippen LogP contribution in [0.2, 0.25) is 0 Å². The van der Waals surface area contributed by atoms with Gasteiger partial charge in [-0.15, -0.1) is 0 Å². The Bertz CT molecular complexity index is 679. The first-order valence-corrected chi connectivity index (χ1v) is 5.09. The Morgan fingerprint density at radius 3 is 2.68 bits per heavy atom. The third-order valence-corrected chi connectivity index (χ3v) is 2.36. The molecule has 2 aromatic rings. The lowest BCUT2D eigenvalue weighted by Crippen LogP contribution is -2.04. The Morgan fingerprint density at radius 1 is 1.26 bits per heavy atom. The molecule has 96 valence electrons. The number of pyridine rings is 1. The topological polar surface area (TPSA) is 74.7 Å². The van der Waals surface area contributed by atoms with Gasteiger partial charge in [0.1, 0.15) is 11.9 Å². The lowest BCUT2D eigenvalue weighted by Gasteiger charge is -2.10. The Labute approximate surface area is 106 Å². The molecule has 0 aliphatic carbocycles. The third kappa shape index (κ3) is 2.42. The predicted octanol–water partition coefficient (Wildman–Crippen LogP) is 2.70. The summed E-state index contributed by atoms with van der Waals surface area (Å²) in [4.78, 5) is 3.78. The minimum atomic E-state index is -1.34. The SMILES string of the molecule is N#Cc1ccnc(Nc2cc(F)cc(F)c2F)c1N. The second kappa shape index (κ2) is 4.86. The maximum atomic E-state index is 13.4. The van der Waals surface area contributed by atoms with Gasteiger partial charge < -0.3 is 11.1 Å². The minimum Gasteiger partial charge on any atom is -0.395 e. The zero-order valence-corrected chi connectivity index (χ0v) is 9.42. The number of halogens is 3. The quantitative estimate of drug-likeness (QED) is 0.818. The van der Waals surface area contributed by atoms with Crippen LogP contribution in [0.5, 0.6) is 0 Å². The Kier molecular flexibility index (Phi) is 3.25. The largest absolute Gasteiger partial charge is 0.395 e. The van der Waals surface area contributed by atoms with E-state index in [0.29, 0.717) is 6.07 Å². The Morgan fingerprint density at radius 2 is 2.00 bits per heavy atom. The second-order valence-corrected chi connectivity index (χ2v) is 3.61. The maximum Gasteiger partial charge on any atom is 0.182 e. The van der Waals surface area contributed by atoms with Crippen molar-refractivity contribution in [1.29, 1.82) is 5.26 Å². The number of nitriles is 1. The molecular weight excluding hydrogens is 257 g/mol. The van der Waals surface area contributed by atoms with E-state index in [1.54, 1.807) is 0 Å². The van der Waals surface area contributed by atoms with E-state index in [4.69, 9.17) is 11.0 Å².